The van der Waals surface area contributed by atoms with Gasteiger partial charge in [0, 0.05) is 0 Å². The first-order valence-corrected chi connectivity index (χ1v) is 18.1. The molecule has 15 heteroatoms. The Hall–Kier alpha value is -5.83. The van der Waals surface area contributed by atoms with E-state index in [1.165, 1.54) is 15.9 Å². The van der Waals surface area contributed by atoms with Gasteiger partial charge in [-0.1, -0.05) is 138 Å². The van der Waals surface area contributed by atoms with Crippen LogP contribution >= 0.6 is 15.7 Å². The van der Waals surface area contributed by atoms with Crippen LogP contribution in [0.2, 0.25) is 0 Å². The summed E-state index contributed by atoms with van der Waals surface area (Å²) in [5, 5.41) is 10.0. The zero-order valence-electron chi connectivity index (χ0n) is 27.9. The lowest BCUT2D eigenvalue weighted by Gasteiger charge is -2.18. The van der Waals surface area contributed by atoms with Gasteiger partial charge in [0.2, 0.25) is 4.91 Å². The lowest BCUT2D eigenvalue weighted by atomic mass is 10.3. The van der Waals surface area contributed by atoms with Crippen molar-refractivity contribution in [2.24, 2.45) is 10.2 Å². The SMILES string of the molecule is CCOC(=O)N=NC(=O)OCC.N=[N+]=N.O=P(O)(Oc1ccccc1)Oc1ccccc1.c1ccc(P(c2ccccc2)c2ccccc2)cc1. The minimum atomic E-state index is -4.14. The van der Waals surface area contributed by atoms with E-state index in [2.05, 4.69) is 111 Å². The van der Waals surface area contributed by atoms with Gasteiger partial charge in [-0.05, 0) is 61.9 Å². The summed E-state index contributed by atoms with van der Waals surface area (Å²) in [5.41, 5.74) is 11.0. The van der Waals surface area contributed by atoms with Crippen LogP contribution in [0.25, 0.3) is 0 Å². The van der Waals surface area contributed by atoms with E-state index in [9.17, 15) is 19.0 Å². The third-order valence-corrected chi connectivity index (χ3v) is 9.05. The van der Waals surface area contributed by atoms with Crippen LogP contribution in [-0.2, 0) is 14.0 Å². The first-order chi connectivity index (χ1) is 24.7. The molecule has 0 saturated heterocycles. The fraction of sp³-hybridized carbons (Fsp3) is 0.111. The molecule has 5 aromatic carbocycles. The van der Waals surface area contributed by atoms with Crippen LogP contribution in [0.3, 0.4) is 0 Å². The molecule has 2 amide bonds. The number of para-hydroxylation sites is 2. The zero-order chi connectivity index (χ0) is 37.2. The maximum atomic E-state index is 11.7. The predicted molar refractivity (Wildman–Crippen MR) is 196 cm³/mol. The Morgan fingerprint density at radius 3 is 1.10 bits per heavy atom. The number of rotatable bonds is 9. The van der Waals surface area contributed by atoms with Gasteiger partial charge >= 0.3 is 20.0 Å². The molecule has 0 spiro atoms. The lowest BCUT2D eigenvalue weighted by Crippen LogP contribution is -2.20. The third-order valence-electron chi connectivity index (χ3n) is 5.72. The van der Waals surface area contributed by atoms with Crippen LogP contribution in [0.15, 0.2) is 162 Å². The molecule has 0 atom stereocenters. The molecule has 0 aromatic heterocycles. The number of nitrogens with one attached hydrogen (secondary N) is 2. The number of carbonyl (C=O) groups is 2. The van der Waals surface area contributed by atoms with Crippen LogP contribution < -0.4 is 29.9 Å². The van der Waals surface area contributed by atoms with Gasteiger partial charge in [-0.15, -0.1) is 0 Å². The number of carbonyl (C=O) groups excluding carboxylic acids is 2. The molecule has 0 aliphatic carbocycles. The van der Waals surface area contributed by atoms with Crippen molar-refractivity contribution in [3.8, 4) is 11.5 Å². The summed E-state index contributed by atoms with van der Waals surface area (Å²) < 4.78 is 30.2. The average molecular weight is 731 g/mol. The Labute approximate surface area is 297 Å². The maximum absolute atomic E-state index is 11.7. The summed E-state index contributed by atoms with van der Waals surface area (Å²) in [7, 11) is -4.58. The number of ether oxygens (including phenoxy) is 2. The second kappa shape index (κ2) is 24.3. The minimum absolute atomic E-state index is 0.195. The Kier molecular flexibility index (Phi) is 19.7. The summed E-state index contributed by atoms with van der Waals surface area (Å²) in [6, 6.07) is 49.0. The van der Waals surface area contributed by atoms with E-state index >= 15 is 0 Å². The van der Waals surface area contributed by atoms with E-state index in [0.29, 0.717) is 0 Å². The Morgan fingerprint density at radius 1 is 0.588 bits per heavy atom. The van der Waals surface area contributed by atoms with Crippen molar-refractivity contribution in [1.82, 2.24) is 4.91 Å². The summed E-state index contributed by atoms with van der Waals surface area (Å²) in [6.07, 6.45) is -1.80. The Balaban J connectivity index is 0.000000262. The van der Waals surface area contributed by atoms with Crippen molar-refractivity contribution < 1.29 is 37.6 Å². The Bertz CT molecular complexity index is 1660. The molecule has 0 bridgehead atoms. The highest BCUT2D eigenvalue weighted by molar-refractivity contribution is 7.79. The summed E-state index contributed by atoms with van der Waals surface area (Å²) in [6.45, 7) is 3.64. The van der Waals surface area contributed by atoms with E-state index in [0.717, 1.165) is 0 Å². The van der Waals surface area contributed by atoms with E-state index in [4.69, 9.17) is 20.1 Å². The molecule has 5 rings (SSSR count). The molecule has 264 valence electrons. The number of phosphoric acid groups is 1. The molecular weight excluding hydrogens is 692 g/mol. The highest BCUT2D eigenvalue weighted by Gasteiger charge is 2.24. The quantitative estimate of drug-likeness (QED) is 0.0762. The number of phosphoric ester groups is 1. The molecular formula is C36H38N5O8P2+. The standard InChI is InChI=1S/C18H15P.C12H11O4P.C6H10N2O4.H2N3/c1-4-10-16(11-5-1)19(17-12-6-2-7-13-17)18-14-8-3-9-15-18;13-17(14,15-11-7-3-1-4-8-11)16-12-9-5-2-6-10-12;1-3-11-5(9)7-8-6(10)12-4-2;1-3-2/h1-15H;1-10H,(H,13,14);3-4H2,1-2H3;1-2H/q;;;+1. The van der Waals surface area contributed by atoms with Gasteiger partial charge in [0.05, 0.1) is 13.2 Å². The molecule has 3 N–H and O–H groups in total. The number of azo groups is 1. The Morgan fingerprint density at radius 2 is 0.843 bits per heavy atom. The molecule has 13 nitrogen and oxygen atoms in total. The van der Waals surface area contributed by atoms with Crippen molar-refractivity contribution in [3.63, 3.8) is 0 Å². The monoisotopic (exact) mass is 730 g/mol. The van der Waals surface area contributed by atoms with Gasteiger partial charge in [-0.25, -0.2) is 14.2 Å². The van der Waals surface area contributed by atoms with Gasteiger partial charge < -0.3 is 18.5 Å². The van der Waals surface area contributed by atoms with Gasteiger partial charge in [0.15, 0.2) is 0 Å². The second-order valence-electron chi connectivity index (χ2n) is 9.33. The number of nitrogens with zero attached hydrogens (tertiary/aromatic N) is 3. The molecule has 0 heterocycles. The molecule has 0 radical (unpaired) electrons. The lowest BCUT2D eigenvalue weighted by molar-refractivity contribution is 0.152. The fourth-order valence-electron chi connectivity index (χ4n) is 3.81. The third kappa shape index (κ3) is 17.4. The van der Waals surface area contributed by atoms with E-state index < -0.39 is 27.9 Å². The molecule has 0 aliphatic heterocycles. The highest BCUT2D eigenvalue weighted by atomic mass is 31.2. The normalized spacial score (nSPS) is 10.0. The molecule has 0 saturated carbocycles. The number of hydrogen-bond acceptors (Lipinski definition) is 9. The summed E-state index contributed by atoms with van der Waals surface area (Å²) in [4.78, 5) is 32.5. The topological polar surface area (TPSA) is 195 Å². The van der Waals surface area contributed by atoms with E-state index in [-0.39, 0.29) is 24.7 Å². The van der Waals surface area contributed by atoms with Crippen LogP contribution in [0.4, 0.5) is 9.59 Å². The molecule has 0 unspecified atom stereocenters. The fourth-order valence-corrected chi connectivity index (χ4v) is 6.93. The van der Waals surface area contributed by atoms with Crippen LogP contribution in [0.1, 0.15) is 13.8 Å². The van der Waals surface area contributed by atoms with Crippen molar-refractivity contribution in [3.05, 3.63) is 152 Å². The van der Waals surface area contributed by atoms with Gasteiger partial charge in [-0.3, -0.25) is 4.89 Å². The zero-order valence-corrected chi connectivity index (χ0v) is 29.7. The van der Waals surface area contributed by atoms with Gasteiger partial charge in [0.1, 0.15) is 22.6 Å². The molecule has 0 aliphatic rings. The highest BCUT2D eigenvalue weighted by Crippen LogP contribution is 2.44. The van der Waals surface area contributed by atoms with Crippen molar-refractivity contribution >= 4 is 43.8 Å². The molecule has 51 heavy (non-hydrogen) atoms. The molecule has 0 fully saturated rings. The maximum Gasteiger partial charge on any atom is 0.584 e. The van der Waals surface area contributed by atoms with E-state index in [1.54, 1.807) is 74.5 Å². The predicted octanol–water partition coefficient (Wildman–Crippen LogP) is 8.56. The van der Waals surface area contributed by atoms with Crippen molar-refractivity contribution in [1.29, 1.82) is 11.1 Å². The smallest absolute Gasteiger partial charge is 0.447 e. The number of benzene rings is 5. The molecule has 5 aromatic rings. The van der Waals surface area contributed by atoms with Gasteiger partial charge in [0.25, 0.3) is 0 Å². The van der Waals surface area contributed by atoms with Crippen molar-refractivity contribution in [2.45, 2.75) is 13.8 Å². The minimum Gasteiger partial charge on any atom is -0.447 e. The van der Waals surface area contributed by atoms with Crippen LogP contribution in [-0.4, -0.2) is 30.3 Å². The largest absolute Gasteiger partial charge is 0.584 e. The summed E-state index contributed by atoms with van der Waals surface area (Å²) in [5.74, 6) is 0.573. The average Bonchev–Trinajstić information content (AvgIpc) is 3.14. The first kappa shape index (κ1) is 41.3. The van der Waals surface area contributed by atoms with Crippen LogP contribution in [0, 0.1) is 11.1 Å². The summed E-state index contributed by atoms with van der Waals surface area (Å²) >= 11 is 0. The van der Waals surface area contributed by atoms with E-state index in [1.807, 2.05) is 4.91 Å². The van der Waals surface area contributed by atoms with Crippen LogP contribution in [0.5, 0.6) is 11.5 Å². The first-order valence-electron chi connectivity index (χ1n) is 15.3. The van der Waals surface area contributed by atoms with Gasteiger partial charge in [-0.2, -0.15) is 0 Å². The number of hydrogen-bond donors (Lipinski definition) is 3. The van der Waals surface area contributed by atoms with Crippen molar-refractivity contribution in [2.75, 3.05) is 13.2 Å². The second-order valence-corrected chi connectivity index (χ2v) is 12.9. The number of amides is 2.